The van der Waals surface area contributed by atoms with Crippen LogP contribution in [0, 0.1) is 10.1 Å². The van der Waals surface area contributed by atoms with Gasteiger partial charge in [0, 0.05) is 35.0 Å². The molecule has 0 aliphatic carbocycles. The number of hydrogen-bond acceptors (Lipinski definition) is 4. The van der Waals surface area contributed by atoms with Crippen molar-refractivity contribution in [2.75, 3.05) is 7.11 Å². The molecule has 0 unspecified atom stereocenters. The van der Waals surface area contributed by atoms with E-state index in [-0.39, 0.29) is 5.69 Å². The molecule has 1 aromatic carbocycles. The standard InChI is InChI=1S/C18H16N2O4/c1-3-12-4-5-13-8-15(17(11-21)19(13)10-12)16-9-14(20(22)23)6-7-18(16)24-2/h4-11H,3H2,1-2H3. The molecule has 0 aliphatic heterocycles. The Bertz CT molecular complexity index is 944. The van der Waals surface area contributed by atoms with Crippen molar-refractivity contribution in [1.82, 2.24) is 4.40 Å². The van der Waals surface area contributed by atoms with Gasteiger partial charge in [0.1, 0.15) is 5.75 Å². The van der Waals surface area contributed by atoms with Crippen molar-refractivity contribution in [3.05, 3.63) is 64.0 Å². The van der Waals surface area contributed by atoms with Crippen LogP contribution in [0.3, 0.4) is 0 Å². The molecule has 0 radical (unpaired) electrons. The van der Waals surface area contributed by atoms with Gasteiger partial charge in [0.2, 0.25) is 0 Å². The zero-order chi connectivity index (χ0) is 17.3. The molecule has 0 N–H and O–H groups in total. The van der Waals surface area contributed by atoms with Crippen LogP contribution in [-0.4, -0.2) is 22.7 Å². The SMILES string of the molecule is CCc1ccc2cc(-c3cc([N+](=O)[O-])ccc3OC)c(C=O)n2c1. The summed E-state index contributed by atoms with van der Waals surface area (Å²) in [7, 11) is 1.50. The zero-order valence-electron chi connectivity index (χ0n) is 13.4. The van der Waals surface area contributed by atoms with Crippen LogP contribution in [0.5, 0.6) is 5.75 Å². The Morgan fingerprint density at radius 3 is 2.62 bits per heavy atom. The molecule has 3 aromatic rings. The fourth-order valence-corrected chi connectivity index (χ4v) is 2.80. The molecule has 6 heteroatoms. The Morgan fingerprint density at radius 2 is 2.00 bits per heavy atom. The van der Waals surface area contributed by atoms with Gasteiger partial charge in [-0.25, -0.2) is 0 Å². The van der Waals surface area contributed by atoms with Crippen molar-refractivity contribution >= 4 is 17.5 Å². The Hall–Kier alpha value is -3.15. The average molecular weight is 324 g/mol. The van der Waals surface area contributed by atoms with E-state index in [1.54, 1.807) is 10.5 Å². The van der Waals surface area contributed by atoms with Crippen molar-refractivity contribution in [1.29, 1.82) is 0 Å². The molecule has 122 valence electrons. The fraction of sp³-hybridized carbons (Fsp3) is 0.167. The number of rotatable bonds is 5. The van der Waals surface area contributed by atoms with Crippen LogP contribution in [-0.2, 0) is 6.42 Å². The van der Waals surface area contributed by atoms with E-state index in [1.807, 2.05) is 31.3 Å². The second-order valence-corrected chi connectivity index (χ2v) is 5.39. The summed E-state index contributed by atoms with van der Waals surface area (Å²) in [6.07, 6.45) is 3.52. The number of aryl methyl sites for hydroxylation is 1. The molecule has 0 spiro atoms. The molecular weight excluding hydrogens is 308 g/mol. The van der Waals surface area contributed by atoms with E-state index >= 15 is 0 Å². The number of nitrogens with zero attached hydrogens (tertiary/aromatic N) is 2. The quantitative estimate of drug-likeness (QED) is 0.405. The third-order valence-electron chi connectivity index (χ3n) is 4.07. The van der Waals surface area contributed by atoms with Gasteiger partial charge in [0.25, 0.3) is 5.69 Å². The Kier molecular flexibility index (Phi) is 4.04. The smallest absolute Gasteiger partial charge is 0.270 e. The molecule has 0 fully saturated rings. The van der Waals surface area contributed by atoms with Crippen molar-refractivity contribution in [3.63, 3.8) is 0 Å². The first-order valence-corrected chi connectivity index (χ1v) is 7.51. The monoisotopic (exact) mass is 324 g/mol. The third kappa shape index (κ3) is 2.52. The number of non-ortho nitro benzene ring substituents is 1. The minimum atomic E-state index is -0.464. The molecule has 0 saturated heterocycles. The average Bonchev–Trinajstić information content (AvgIpc) is 2.98. The minimum Gasteiger partial charge on any atom is -0.496 e. The summed E-state index contributed by atoms with van der Waals surface area (Å²) in [5.74, 6) is 0.482. The zero-order valence-corrected chi connectivity index (χ0v) is 13.4. The number of pyridine rings is 1. The lowest BCUT2D eigenvalue weighted by atomic mass is 10.0. The number of carbonyl (C=O) groups excluding carboxylic acids is 1. The molecular formula is C18H16N2O4. The van der Waals surface area contributed by atoms with Crippen LogP contribution in [0.2, 0.25) is 0 Å². The van der Waals surface area contributed by atoms with Gasteiger partial charge in [-0.15, -0.1) is 0 Å². The van der Waals surface area contributed by atoms with E-state index in [0.29, 0.717) is 22.6 Å². The molecule has 0 amide bonds. The highest BCUT2D eigenvalue weighted by atomic mass is 16.6. The van der Waals surface area contributed by atoms with Gasteiger partial charge in [-0.3, -0.25) is 14.9 Å². The maximum Gasteiger partial charge on any atom is 0.270 e. The molecule has 0 aliphatic rings. The molecule has 2 aromatic heterocycles. The number of nitro groups is 1. The summed E-state index contributed by atoms with van der Waals surface area (Å²) in [5, 5.41) is 11.1. The molecule has 24 heavy (non-hydrogen) atoms. The number of nitro benzene ring substituents is 1. The number of fused-ring (bicyclic) bond motifs is 1. The van der Waals surface area contributed by atoms with Gasteiger partial charge in [-0.1, -0.05) is 13.0 Å². The van der Waals surface area contributed by atoms with Crippen molar-refractivity contribution < 1.29 is 14.5 Å². The Balaban J connectivity index is 2.31. The van der Waals surface area contributed by atoms with E-state index in [0.717, 1.165) is 23.8 Å². The summed E-state index contributed by atoms with van der Waals surface area (Å²) in [6.45, 7) is 2.04. The number of carbonyl (C=O) groups is 1. The highest BCUT2D eigenvalue weighted by molar-refractivity contribution is 5.92. The molecule has 0 atom stereocenters. The lowest BCUT2D eigenvalue weighted by Crippen LogP contribution is -1.96. The topological polar surface area (TPSA) is 73.8 Å². The minimum absolute atomic E-state index is 0.0489. The van der Waals surface area contributed by atoms with Crippen LogP contribution in [0.15, 0.2) is 42.6 Å². The lowest BCUT2D eigenvalue weighted by molar-refractivity contribution is -0.384. The second-order valence-electron chi connectivity index (χ2n) is 5.39. The number of methoxy groups -OCH3 is 1. The van der Waals surface area contributed by atoms with Gasteiger partial charge in [0.05, 0.1) is 17.7 Å². The van der Waals surface area contributed by atoms with Crippen LogP contribution in [0.25, 0.3) is 16.6 Å². The summed E-state index contributed by atoms with van der Waals surface area (Å²) >= 11 is 0. The van der Waals surface area contributed by atoms with Gasteiger partial charge in [-0.2, -0.15) is 0 Å². The van der Waals surface area contributed by atoms with Crippen molar-refractivity contribution in [2.45, 2.75) is 13.3 Å². The predicted octanol–water partition coefficient (Wildman–Crippen LogP) is 3.90. The number of benzene rings is 1. The first-order valence-electron chi connectivity index (χ1n) is 7.51. The Morgan fingerprint density at radius 1 is 1.21 bits per heavy atom. The number of aldehydes is 1. The number of hydrogen-bond donors (Lipinski definition) is 0. The van der Waals surface area contributed by atoms with E-state index in [9.17, 15) is 14.9 Å². The van der Waals surface area contributed by atoms with Crippen LogP contribution in [0.4, 0.5) is 5.69 Å². The van der Waals surface area contributed by atoms with Gasteiger partial charge >= 0.3 is 0 Å². The molecule has 6 nitrogen and oxygen atoms in total. The third-order valence-corrected chi connectivity index (χ3v) is 4.07. The van der Waals surface area contributed by atoms with E-state index < -0.39 is 4.92 Å². The van der Waals surface area contributed by atoms with E-state index in [2.05, 4.69) is 0 Å². The fourth-order valence-electron chi connectivity index (χ4n) is 2.80. The highest BCUT2D eigenvalue weighted by Crippen LogP contribution is 2.36. The normalized spacial score (nSPS) is 10.8. The summed E-state index contributed by atoms with van der Waals surface area (Å²) < 4.78 is 7.13. The number of aromatic nitrogens is 1. The van der Waals surface area contributed by atoms with Crippen molar-refractivity contribution in [3.8, 4) is 16.9 Å². The Labute approximate surface area is 138 Å². The first kappa shape index (κ1) is 15.7. The molecule has 0 bridgehead atoms. The second kappa shape index (κ2) is 6.16. The van der Waals surface area contributed by atoms with Gasteiger partial charge in [-0.05, 0) is 30.2 Å². The summed E-state index contributed by atoms with van der Waals surface area (Å²) in [5.41, 5.74) is 3.47. The predicted molar refractivity (Wildman–Crippen MR) is 90.8 cm³/mol. The van der Waals surface area contributed by atoms with E-state index in [1.165, 1.54) is 19.2 Å². The summed E-state index contributed by atoms with van der Waals surface area (Å²) in [4.78, 5) is 22.3. The lowest BCUT2D eigenvalue weighted by Gasteiger charge is -2.08. The van der Waals surface area contributed by atoms with Crippen LogP contribution < -0.4 is 4.74 Å². The number of ether oxygens (including phenoxy) is 1. The van der Waals surface area contributed by atoms with Crippen LogP contribution >= 0.6 is 0 Å². The summed E-state index contributed by atoms with van der Waals surface area (Å²) in [6, 6.07) is 10.1. The van der Waals surface area contributed by atoms with Crippen molar-refractivity contribution in [2.24, 2.45) is 0 Å². The largest absolute Gasteiger partial charge is 0.496 e. The van der Waals surface area contributed by atoms with Crippen LogP contribution in [0.1, 0.15) is 23.0 Å². The van der Waals surface area contributed by atoms with E-state index in [4.69, 9.17) is 4.74 Å². The van der Waals surface area contributed by atoms with Gasteiger partial charge < -0.3 is 9.14 Å². The first-order chi connectivity index (χ1) is 11.6. The highest BCUT2D eigenvalue weighted by Gasteiger charge is 2.18. The molecule has 2 heterocycles. The van der Waals surface area contributed by atoms with Gasteiger partial charge in [0.15, 0.2) is 6.29 Å². The maximum atomic E-state index is 11.7. The maximum absolute atomic E-state index is 11.7. The molecule has 0 saturated carbocycles. The molecule has 3 rings (SSSR count).